The molecule has 1 N–H and O–H groups in total. The normalized spacial score (nSPS) is 15.9. The van der Waals surface area contributed by atoms with Crippen LogP contribution in [-0.2, 0) is 7.05 Å². The third kappa shape index (κ3) is 2.55. The summed E-state index contributed by atoms with van der Waals surface area (Å²) >= 11 is 1.55. The molecule has 0 spiro atoms. The first-order chi connectivity index (χ1) is 12.7. The fraction of sp³-hybridized carbons (Fsp3) is 0.316. The van der Waals surface area contributed by atoms with Crippen molar-refractivity contribution in [1.29, 1.82) is 0 Å². The van der Waals surface area contributed by atoms with Gasteiger partial charge in [0.1, 0.15) is 0 Å². The van der Waals surface area contributed by atoms with Gasteiger partial charge >= 0.3 is 0 Å². The average Bonchev–Trinajstić information content (AvgIpc) is 3.25. The van der Waals surface area contributed by atoms with Gasteiger partial charge in [0.05, 0.1) is 10.4 Å². The molecule has 0 bridgehead atoms. The number of rotatable bonds is 2. The minimum Gasteiger partial charge on any atom is -0.317 e. The average molecular weight is 365 g/mol. The maximum absolute atomic E-state index is 13.0. The number of hydrogen-bond acceptors (Lipinski definition) is 5. The van der Waals surface area contributed by atoms with E-state index in [2.05, 4.69) is 27.5 Å². The molecule has 0 saturated carbocycles. The molecule has 5 rings (SSSR count). The SMILES string of the molecule is Cn1cc2cc(-c3cn4c(=O)c(C5CCNCC5)cnc4s3)ccc2n1. The van der Waals surface area contributed by atoms with Crippen LogP contribution in [-0.4, -0.2) is 32.3 Å². The van der Waals surface area contributed by atoms with E-state index >= 15 is 0 Å². The van der Waals surface area contributed by atoms with Crippen molar-refractivity contribution in [2.45, 2.75) is 18.8 Å². The summed E-state index contributed by atoms with van der Waals surface area (Å²) in [6, 6.07) is 6.19. The van der Waals surface area contributed by atoms with Crippen LogP contribution in [0.3, 0.4) is 0 Å². The molecule has 1 aliphatic rings. The zero-order valence-electron chi connectivity index (χ0n) is 14.5. The second-order valence-electron chi connectivity index (χ2n) is 6.87. The number of benzene rings is 1. The van der Waals surface area contributed by atoms with Crippen molar-refractivity contribution in [2.24, 2.45) is 7.05 Å². The molecule has 0 unspecified atom stereocenters. The summed E-state index contributed by atoms with van der Waals surface area (Å²) in [5.41, 5.74) is 2.98. The summed E-state index contributed by atoms with van der Waals surface area (Å²) in [5.74, 6) is 0.309. The van der Waals surface area contributed by atoms with Gasteiger partial charge in [-0.1, -0.05) is 17.4 Å². The van der Waals surface area contributed by atoms with Gasteiger partial charge in [-0.15, -0.1) is 0 Å². The van der Waals surface area contributed by atoms with E-state index in [-0.39, 0.29) is 5.56 Å². The summed E-state index contributed by atoms with van der Waals surface area (Å²) in [4.78, 5) is 19.3. The van der Waals surface area contributed by atoms with Gasteiger partial charge < -0.3 is 5.32 Å². The molecule has 0 atom stereocenters. The summed E-state index contributed by atoms with van der Waals surface area (Å²) in [5, 5.41) is 8.86. The first kappa shape index (κ1) is 15.7. The van der Waals surface area contributed by atoms with Gasteiger partial charge in [-0.25, -0.2) is 4.98 Å². The lowest BCUT2D eigenvalue weighted by Crippen LogP contribution is -2.30. The molecule has 7 heteroatoms. The Hall–Kier alpha value is -2.51. The van der Waals surface area contributed by atoms with Crippen molar-refractivity contribution >= 4 is 27.2 Å². The van der Waals surface area contributed by atoms with Crippen LogP contribution < -0.4 is 10.9 Å². The van der Waals surface area contributed by atoms with E-state index in [1.165, 1.54) is 0 Å². The van der Waals surface area contributed by atoms with Gasteiger partial charge in [-0.2, -0.15) is 5.10 Å². The third-order valence-corrected chi connectivity index (χ3v) is 6.16. The van der Waals surface area contributed by atoms with E-state index in [9.17, 15) is 4.79 Å². The molecule has 1 saturated heterocycles. The molecule has 0 aliphatic carbocycles. The Labute approximate surface area is 154 Å². The lowest BCUT2D eigenvalue weighted by atomic mass is 9.92. The minimum absolute atomic E-state index is 0.0758. The quantitative estimate of drug-likeness (QED) is 0.593. The second kappa shape index (κ2) is 6.03. The molecule has 4 aromatic rings. The topological polar surface area (TPSA) is 64.2 Å². The van der Waals surface area contributed by atoms with Gasteiger partial charge in [-0.3, -0.25) is 13.9 Å². The Morgan fingerprint density at radius 1 is 1.23 bits per heavy atom. The van der Waals surface area contributed by atoms with Crippen LogP contribution in [0.15, 0.2) is 41.6 Å². The molecular formula is C19H19N5OS. The maximum Gasteiger partial charge on any atom is 0.261 e. The lowest BCUT2D eigenvalue weighted by molar-refractivity contribution is 0.456. The molecule has 1 fully saturated rings. The Morgan fingerprint density at radius 2 is 2.08 bits per heavy atom. The van der Waals surface area contributed by atoms with Gasteiger partial charge in [-0.05, 0) is 49.5 Å². The van der Waals surface area contributed by atoms with Crippen LogP contribution in [0.5, 0.6) is 0 Å². The van der Waals surface area contributed by atoms with Crippen LogP contribution in [0, 0.1) is 0 Å². The number of thiazole rings is 1. The lowest BCUT2D eigenvalue weighted by Gasteiger charge is -2.21. The third-order valence-electron chi connectivity index (χ3n) is 5.12. The maximum atomic E-state index is 13.0. The Bertz CT molecular complexity index is 1170. The van der Waals surface area contributed by atoms with Gasteiger partial charge in [0.25, 0.3) is 5.56 Å². The van der Waals surface area contributed by atoms with E-state index < -0.39 is 0 Å². The predicted molar refractivity (Wildman–Crippen MR) is 104 cm³/mol. The van der Waals surface area contributed by atoms with Crippen LogP contribution in [0.25, 0.3) is 26.3 Å². The number of aryl methyl sites for hydroxylation is 1. The zero-order valence-corrected chi connectivity index (χ0v) is 15.3. The van der Waals surface area contributed by atoms with E-state index in [1.807, 2.05) is 30.2 Å². The predicted octanol–water partition coefficient (Wildman–Crippen LogP) is 2.78. The minimum atomic E-state index is 0.0758. The van der Waals surface area contributed by atoms with Gasteiger partial charge in [0.15, 0.2) is 4.96 Å². The second-order valence-corrected chi connectivity index (χ2v) is 7.88. The van der Waals surface area contributed by atoms with Crippen molar-refractivity contribution in [2.75, 3.05) is 13.1 Å². The van der Waals surface area contributed by atoms with Gasteiger partial charge in [0.2, 0.25) is 0 Å². The number of fused-ring (bicyclic) bond motifs is 2. The summed E-state index contributed by atoms with van der Waals surface area (Å²) in [7, 11) is 1.92. The summed E-state index contributed by atoms with van der Waals surface area (Å²) in [6.45, 7) is 1.93. The molecule has 3 aromatic heterocycles. The van der Waals surface area contributed by atoms with Crippen molar-refractivity contribution in [3.8, 4) is 10.4 Å². The van der Waals surface area contributed by atoms with Crippen molar-refractivity contribution in [1.82, 2.24) is 24.5 Å². The number of aromatic nitrogens is 4. The first-order valence-electron chi connectivity index (χ1n) is 8.84. The molecule has 132 valence electrons. The van der Waals surface area contributed by atoms with Crippen LogP contribution >= 0.6 is 11.3 Å². The van der Waals surface area contributed by atoms with Crippen molar-refractivity contribution in [3.63, 3.8) is 0 Å². The molecule has 1 aliphatic heterocycles. The Balaban J connectivity index is 1.60. The molecule has 26 heavy (non-hydrogen) atoms. The largest absolute Gasteiger partial charge is 0.317 e. The first-order valence-corrected chi connectivity index (χ1v) is 9.66. The highest BCUT2D eigenvalue weighted by atomic mass is 32.1. The molecule has 1 aromatic carbocycles. The highest BCUT2D eigenvalue weighted by Gasteiger charge is 2.20. The van der Waals surface area contributed by atoms with Crippen molar-refractivity contribution in [3.05, 3.63) is 52.7 Å². The monoisotopic (exact) mass is 365 g/mol. The fourth-order valence-electron chi connectivity index (χ4n) is 3.75. The summed E-state index contributed by atoms with van der Waals surface area (Å²) in [6.07, 6.45) is 7.72. The standard InChI is InChI=1S/C19H19N5OS/c1-23-10-14-8-13(2-3-16(14)22-23)17-11-24-18(25)15(9-21-19(24)26-17)12-4-6-20-7-5-12/h2-3,8-12,20H,4-7H2,1H3. The van der Waals surface area contributed by atoms with E-state index in [4.69, 9.17) is 0 Å². The molecule has 4 heterocycles. The van der Waals surface area contributed by atoms with Crippen LogP contribution in [0.4, 0.5) is 0 Å². The summed E-state index contributed by atoms with van der Waals surface area (Å²) < 4.78 is 3.53. The molecule has 0 amide bonds. The number of nitrogens with zero attached hydrogens (tertiary/aromatic N) is 4. The highest BCUT2D eigenvalue weighted by molar-refractivity contribution is 7.20. The smallest absolute Gasteiger partial charge is 0.261 e. The highest BCUT2D eigenvalue weighted by Crippen LogP contribution is 2.30. The number of piperidine rings is 1. The van der Waals surface area contributed by atoms with Crippen molar-refractivity contribution < 1.29 is 0 Å². The number of hydrogen-bond donors (Lipinski definition) is 1. The van der Waals surface area contributed by atoms with Crippen LogP contribution in [0.1, 0.15) is 24.3 Å². The van der Waals surface area contributed by atoms with E-state index in [1.54, 1.807) is 21.9 Å². The zero-order chi connectivity index (χ0) is 17.7. The Kier molecular flexibility index (Phi) is 3.65. The molecule has 0 radical (unpaired) electrons. The molecule has 6 nitrogen and oxygen atoms in total. The fourth-order valence-corrected chi connectivity index (χ4v) is 4.69. The van der Waals surface area contributed by atoms with E-state index in [0.29, 0.717) is 5.92 Å². The van der Waals surface area contributed by atoms with E-state index in [0.717, 1.165) is 57.8 Å². The van der Waals surface area contributed by atoms with Gasteiger partial charge in [0, 0.05) is 36.6 Å². The number of nitrogens with one attached hydrogen (secondary N) is 1. The molecular weight excluding hydrogens is 346 g/mol. The van der Waals surface area contributed by atoms with Crippen LogP contribution in [0.2, 0.25) is 0 Å². The Morgan fingerprint density at radius 3 is 2.92 bits per heavy atom.